The van der Waals surface area contributed by atoms with Crippen molar-refractivity contribution in [2.45, 2.75) is 41.5 Å². The molecule has 6 heteroatoms. The molecule has 0 heterocycles. The first kappa shape index (κ1) is 28.8. The second-order valence-electron chi connectivity index (χ2n) is 4.06. The first-order valence-electron chi connectivity index (χ1n) is 8.66. The third-order valence-corrected chi connectivity index (χ3v) is 2.04. The normalized spacial score (nSPS) is 7.63. The van der Waals surface area contributed by atoms with Gasteiger partial charge in [0.15, 0.2) is 0 Å². The Kier molecular flexibility index (Phi) is 24.5. The highest BCUT2D eigenvalue weighted by atomic mass is 16.7. The van der Waals surface area contributed by atoms with Crippen LogP contribution >= 0.6 is 0 Å². The van der Waals surface area contributed by atoms with Crippen LogP contribution in [0.1, 0.15) is 41.5 Å². The fourth-order valence-corrected chi connectivity index (χ4v) is 1.05. The summed E-state index contributed by atoms with van der Waals surface area (Å²) in [6.07, 6.45) is 0. The molecule has 2 aromatic carbocycles. The van der Waals surface area contributed by atoms with E-state index in [0.717, 1.165) is 0 Å². The number of carbonyl (C=O) groups is 2. The molecule has 27 heavy (non-hydrogen) atoms. The van der Waals surface area contributed by atoms with Crippen LogP contribution in [0.4, 0.5) is 0 Å². The lowest BCUT2D eigenvalue weighted by atomic mass is 10.3. The molecular weight excluding hydrogens is 348 g/mol. The number of carbonyl (C=O) groups excluding carboxylic acids is 2. The highest BCUT2D eigenvalue weighted by Gasteiger charge is 1.93. The van der Waals surface area contributed by atoms with Gasteiger partial charge < -0.3 is 19.7 Å². The quantitative estimate of drug-likeness (QED) is 0.568. The van der Waals surface area contributed by atoms with E-state index in [2.05, 4.69) is 9.47 Å². The summed E-state index contributed by atoms with van der Waals surface area (Å²) in [6.45, 7) is 10.2. The molecule has 0 aliphatic rings. The summed E-state index contributed by atoms with van der Waals surface area (Å²) < 4.78 is 8.54. The molecule has 0 bridgehead atoms. The highest BCUT2D eigenvalue weighted by Crippen LogP contribution is 2.03. The van der Waals surface area contributed by atoms with Crippen molar-refractivity contribution in [3.05, 3.63) is 60.7 Å². The zero-order valence-corrected chi connectivity index (χ0v) is 17.0. The van der Waals surface area contributed by atoms with Gasteiger partial charge in [0.05, 0.1) is 0 Å². The molecule has 0 saturated heterocycles. The van der Waals surface area contributed by atoms with Gasteiger partial charge in [-0.2, -0.15) is 0 Å². The van der Waals surface area contributed by atoms with E-state index in [1.165, 1.54) is 13.8 Å². The van der Waals surface area contributed by atoms with Gasteiger partial charge in [0, 0.05) is 13.8 Å². The Hall–Kier alpha value is -3.02. The number of phenols is 2. The molecule has 0 saturated carbocycles. The summed E-state index contributed by atoms with van der Waals surface area (Å²) in [6, 6.07) is 17.4. The van der Waals surface area contributed by atoms with Crippen LogP contribution in [-0.2, 0) is 19.1 Å². The molecule has 2 aromatic rings. The minimum Gasteiger partial charge on any atom is -0.508 e. The summed E-state index contributed by atoms with van der Waals surface area (Å²) in [5, 5.41) is 17.3. The van der Waals surface area contributed by atoms with Crippen LogP contribution in [0.2, 0.25) is 0 Å². The van der Waals surface area contributed by atoms with Gasteiger partial charge >= 0.3 is 11.9 Å². The van der Waals surface area contributed by atoms with Gasteiger partial charge in [-0.15, -0.1) is 0 Å². The third-order valence-electron chi connectivity index (χ3n) is 2.04. The van der Waals surface area contributed by atoms with E-state index in [1.807, 2.05) is 39.8 Å². The maximum atomic E-state index is 10.0. The van der Waals surface area contributed by atoms with Crippen molar-refractivity contribution in [3.63, 3.8) is 0 Å². The van der Waals surface area contributed by atoms with E-state index in [4.69, 9.17) is 10.2 Å². The van der Waals surface area contributed by atoms with E-state index in [-0.39, 0.29) is 6.79 Å². The predicted octanol–water partition coefficient (Wildman–Crippen LogP) is 4.91. The predicted molar refractivity (Wildman–Crippen MR) is 107 cm³/mol. The Labute approximate surface area is 162 Å². The number of hydrogen-bond donors (Lipinski definition) is 2. The fourth-order valence-electron chi connectivity index (χ4n) is 1.05. The van der Waals surface area contributed by atoms with Gasteiger partial charge in [-0.1, -0.05) is 64.1 Å². The Morgan fingerprint density at radius 3 is 1.07 bits per heavy atom. The van der Waals surface area contributed by atoms with Crippen LogP contribution in [0.5, 0.6) is 11.5 Å². The lowest BCUT2D eigenvalue weighted by Gasteiger charge is -1.99. The average Bonchev–Trinajstić information content (AvgIpc) is 2.67. The zero-order chi connectivity index (χ0) is 21.5. The number of esters is 2. The Morgan fingerprint density at radius 2 is 0.926 bits per heavy atom. The second kappa shape index (κ2) is 23.0. The van der Waals surface area contributed by atoms with Gasteiger partial charge in [-0.25, -0.2) is 0 Å². The molecule has 2 N–H and O–H groups in total. The highest BCUT2D eigenvalue weighted by molar-refractivity contribution is 5.67. The molecule has 0 aromatic heterocycles. The van der Waals surface area contributed by atoms with Crippen molar-refractivity contribution in [3.8, 4) is 11.5 Å². The molecule has 0 unspecified atom stereocenters. The summed E-state index contributed by atoms with van der Waals surface area (Å²) in [7, 11) is 0. The number of ether oxygens (including phenoxy) is 2. The number of phenolic OH excluding ortho intramolecular Hbond substituents is 2. The molecule has 0 fully saturated rings. The molecule has 6 nitrogen and oxygen atoms in total. The van der Waals surface area contributed by atoms with Crippen LogP contribution < -0.4 is 0 Å². The summed E-state index contributed by atoms with van der Waals surface area (Å²) >= 11 is 0. The monoisotopic (exact) mass is 380 g/mol. The molecule has 0 aliphatic carbocycles. The van der Waals surface area contributed by atoms with Crippen molar-refractivity contribution < 1.29 is 29.3 Å². The zero-order valence-electron chi connectivity index (χ0n) is 17.0. The van der Waals surface area contributed by atoms with Crippen LogP contribution in [0.25, 0.3) is 0 Å². The third kappa shape index (κ3) is 28.1. The SMILES string of the molecule is CC.CC.CC(=O)OCOC(C)=O.Oc1ccccc1.Oc1ccccc1. The van der Waals surface area contributed by atoms with Crippen LogP contribution in [0.3, 0.4) is 0 Å². The molecule has 2 rings (SSSR count). The Bertz CT molecular complexity index is 504. The molecule has 0 radical (unpaired) electrons. The Balaban J connectivity index is -0.000000294. The molecule has 152 valence electrons. The van der Waals surface area contributed by atoms with Crippen molar-refractivity contribution in [1.82, 2.24) is 0 Å². The summed E-state index contributed by atoms with van der Waals surface area (Å²) in [5.41, 5.74) is 0. The lowest BCUT2D eigenvalue weighted by Crippen LogP contribution is -2.07. The number of hydrogen-bond acceptors (Lipinski definition) is 6. The standard InChI is InChI=1S/2C6H6O.C5H8O4.2C2H6/c2*7-6-4-2-1-3-5-6;1-4(6)8-3-9-5(2)7;2*1-2/h2*1-5,7H;3H2,1-2H3;2*1-2H3. The van der Waals surface area contributed by atoms with E-state index in [1.54, 1.807) is 48.5 Å². The van der Waals surface area contributed by atoms with Crippen molar-refractivity contribution in [2.75, 3.05) is 6.79 Å². The number of benzene rings is 2. The maximum absolute atomic E-state index is 10.0. The lowest BCUT2D eigenvalue weighted by molar-refractivity contribution is -0.163. The van der Waals surface area contributed by atoms with E-state index < -0.39 is 11.9 Å². The largest absolute Gasteiger partial charge is 0.508 e. The van der Waals surface area contributed by atoms with Gasteiger partial charge in [-0.3, -0.25) is 9.59 Å². The number of rotatable bonds is 2. The van der Waals surface area contributed by atoms with E-state index in [9.17, 15) is 9.59 Å². The average molecular weight is 380 g/mol. The molecule has 0 spiro atoms. The van der Waals surface area contributed by atoms with Gasteiger partial charge in [0.1, 0.15) is 11.5 Å². The maximum Gasteiger partial charge on any atom is 0.305 e. The first-order valence-corrected chi connectivity index (χ1v) is 8.66. The minimum absolute atomic E-state index is 0.287. The molecule has 0 atom stereocenters. The van der Waals surface area contributed by atoms with Crippen LogP contribution in [0, 0.1) is 0 Å². The molecular formula is C21H32O6. The number of para-hydroxylation sites is 2. The van der Waals surface area contributed by atoms with Crippen molar-refractivity contribution in [2.24, 2.45) is 0 Å². The van der Waals surface area contributed by atoms with Gasteiger partial charge in [0.25, 0.3) is 0 Å². The topological polar surface area (TPSA) is 93.1 Å². The van der Waals surface area contributed by atoms with Crippen LogP contribution in [0.15, 0.2) is 60.7 Å². The molecule has 0 amide bonds. The van der Waals surface area contributed by atoms with E-state index in [0.29, 0.717) is 11.5 Å². The van der Waals surface area contributed by atoms with Crippen LogP contribution in [-0.4, -0.2) is 28.9 Å². The van der Waals surface area contributed by atoms with Crippen molar-refractivity contribution in [1.29, 1.82) is 0 Å². The summed E-state index contributed by atoms with van der Waals surface area (Å²) in [5.74, 6) is -0.280. The van der Waals surface area contributed by atoms with Gasteiger partial charge in [0.2, 0.25) is 6.79 Å². The smallest absolute Gasteiger partial charge is 0.305 e. The molecule has 0 aliphatic heterocycles. The second-order valence-corrected chi connectivity index (χ2v) is 4.06. The number of aromatic hydroxyl groups is 2. The van der Waals surface area contributed by atoms with E-state index >= 15 is 0 Å². The summed E-state index contributed by atoms with van der Waals surface area (Å²) in [4.78, 5) is 20.0. The van der Waals surface area contributed by atoms with Crippen molar-refractivity contribution >= 4 is 11.9 Å². The van der Waals surface area contributed by atoms with Gasteiger partial charge in [-0.05, 0) is 24.3 Å². The fraction of sp³-hybridized carbons (Fsp3) is 0.333. The minimum atomic E-state index is -0.462. The Morgan fingerprint density at radius 1 is 0.667 bits per heavy atom. The first-order chi connectivity index (χ1) is 12.9.